The summed E-state index contributed by atoms with van der Waals surface area (Å²) >= 11 is 0. The molecule has 0 saturated carbocycles. The van der Waals surface area contributed by atoms with E-state index in [4.69, 9.17) is 0 Å². The quantitative estimate of drug-likeness (QED) is 0.667. The molecule has 0 spiro atoms. The van der Waals surface area contributed by atoms with E-state index in [-0.39, 0.29) is 0 Å². The molecule has 0 atom stereocenters. The molecule has 0 aliphatic heterocycles. The Balaban J connectivity index is 2.30. The van der Waals surface area contributed by atoms with Gasteiger partial charge in [0.1, 0.15) is 12.2 Å². The lowest BCUT2D eigenvalue weighted by atomic mass is 10.3. The van der Waals surface area contributed by atoms with Crippen LogP contribution in [0.5, 0.6) is 0 Å². The molecule has 0 aliphatic carbocycles. The number of nitrogens with zero attached hydrogens (tertiary/aromatic N) is 3. The van der Waals surface area contributed by atoms with Crippen LogP contribution in [0.25, 0.3) is 0 Å². The van der Waals surface area contributed by atoms with Crippen LogP contribution in [-0.4, -0.2) is 27.9 Å². The standard InChI is InChI=1S/C10H20N4/c1-3-8-14-10(12-9-13-14)6-5-7-11-4-2/h9,11H,3-8H2,1-2H3. The Morgan fingerprint density at radius 2 is 2.29 bits per heavy atom. The van der Waals surface area contributed by atoms with Crippen molar-refractivity contribution in [3.05, 3.63) is 12.2 Å². The normalized spacial score (nSPS) is 10.7. The Morgan fingerprint density at radius 3 is 3.00 bits per heavy atom. The zero-order valence-corrected chi connectivity index (χ0v) is 9.16. The first-order valence-corrected chi connectivity index (χ1v) is 5.45. The van der Waals surface area contributed by atoms with Crippen molar-refractivity contribution >= 4 is 0 Å². The smallest absolute Gasteiger partial charge is 0.138 e. The van der Waals surface area contributed by atoms with E-state index in [1.807, 2.05) is 4.68 Å². The molecule has 0 saturated heterocycles. The maximum atomic E-state index is 4.26. The fourth-order valence-corrected chi connectivity index (χ4v) is 1.43. The molecule has 0 fully saturated rings. The summed E-state index contributed by atoms with van der Waals surface area (Å²) in [6.07, 6.45) is 4.92. The molecule has 1 heterocycles. The highest BCUT2D eigenvalue weighted by Crippen LogP contribution is 1.99. The largest absolute Gasteiger partial charge is 0.317 e. The van der Waals surface area contributed by atoms with Crippen LogP contribution in [0, 0.1) is 0 Å². The first kappa shape index (κ1) is 11.2. The third kappa shape index (κ3) is 3.46. The van der Waals surface area contributed by atoms with E-state index in [0.717, 1.165) is 44.7 Å². The van der Waals surface area contributed by atoms with Gasteiger partial charge in [-0.15, -0.1) is 0 Å². The van der Waals surface area contributed by atoms with Crippen LogP contribution >= 0.6 is 0 Å². The van der Waals surface area contributed by atoms with Crippen LogP contribution in [0.3, 0.4) is 0 Å². The van der Waals surface area contributed by atoms with Gasteiger partial charge >= 0.3 is 0 Å². The van der Waals surface area contributed by atoms with E-state index in [0.29, 0.717) is 0 Å². The minimum Gasteiger partial charge on any atom is -0.317 e. The van der Waals surface area contributed by atoms with Gasteiger partial charge in [-0.3, -0.25) is 4.68 Å². The zero-order valence-electron chi connectivity index (χ0n) is 9.16. The van der Waals surface area contributed by atoms with Crippen molar-refractivity contribution in [1.82, 2.24) is 20.1 Å². The van der Waals surface area contributed by atoms with Crippen LogP contribution in [0.15, 0.2) is 6.33 Å². The molecule has 0 aromatic carbocycles. The second-order valence-electron chi connectivity index (χ2n) is 3.36. The SMILES string of the molecule is CCCn1ncnc1CCCNCC. The van der Waals surface area contributed by atoms with Crippen LogP contribution in [-0.2, 0) is 13.0 Å². The Bertz CT molecular complexity index is 244. The fraction of sp³-hybridized carbons (Fsp3) is 0.800. The number of hydrogen-bond donors (Lipinski definition) is 1. The van der Waals surface area contributed by atoms with Gasteiger partial charge in [-0.25, -0.2) is 4.98 Å². The molecule has 0 bridgehead atoms. The summed E-state index contributed by atoms with van der Waals surface area (Å²) in [6, 6.07) is 0. The first-order valence-electron chi connectivity index (χ1n) is 5.45. The van der Waals surface area contributed by atoms with Crippen molar-refractivity contribution in [2.75, 3.05) is 13.1 Å². The summed E-state index contributed by atoms with van der Waals surface area (Å²) in [4.78, 5) is 4.26. The summed E-state index contributed by atoms with van der Waals surface area (Å²) in [7, 11) is 0. The minimum atomic E-state index is 0.983. The minimum absolute atomic E-state index is 0.983. The first-order chi connectivity index (χ1) is 6.88. The maximum Gasteiger partial charge on any atom is 0.138 e. The highest BCUT2D eigenvalue weighted by molar-refractivity contribution is 4.84. The molecule has 1 aromatic heterocycles. The van der Waals surface area contributed by atoms with Crippen LogP contribution in [0.4, 0.5) is 0 Å². The van der Waals surface area contributed by atoms with Crippen molar-refractivity contribution in [3.63, 3.8) is 0 Å². The van der Waals surface area contributed by atoms with Crippen molar-refractivity contribution in [3.8, 4) is 0 Å². The van der Waals surface area contributed by atoms with E-state index >= 15 is 0 Å². The van der Waals surface area contributed by atoms with Crippen LogP contribution in [0.2, 0.25) is 0 Å². The number of hydrogen-bond acceptors (Lipinski definition) is 3. The predicted octanol–water partition coefficient (Wildman–Crippen LogP) is 1.23. The van der Waals surface area contributed by atoms with Gasteiger partial charge in [0.15, 0.2) is 0 Å². The van der Waals surface area contributed by atoms with Gasteiger partial charge in [0.05, 0.1) is 0 Å². The van der Waals surface area contributed by atoms with E-state index in [2.05, 4.69) is 29.2 Å². The number of aryl methyl sites for hydroxylation is 2. The topological polar surface area (TPSA) is 42.7 Å². The third-order valence-corrected chi connectivity index (χ3v) is 2.14. The lowest BCUT2D eigenvalue weighted by molar-refractivity contribution is 0.554. The summed E-state index contributed by atoms with van der Waals surface area (Å²) in [5, 5.41) is 7.49. The number of aromatic nitrogens is 3. The summed E-state index contributed by atoms with van der Waals surface area (Å²) in [6.45, 7) is 7.37. The molecule has 1 aromatic rings. The summed E-state index contributed by atoms with van der Waals surface area (Å²) in [5.74, 6) is 1.12. The molecule has 0 aliphatic rings. The van der Waals surface area contributed by atoms with Gasteiger partial charge in [-0.05, 0) is 25.9 Å². The average Bonchev–Trinajstić information content (AvgIpc) is 2.61. The van der Waals surface area contributed by atoms with E-state index in [1.54, 1.807) is 6.33 Å². The molecule has 1 rings (SSSR count). The average molecular weight is 196 g/mol. The molecule has 4 nitrogen and oxygen atoms in total. The fourth-order valence-electron chi connectivity index (χ4n) is 1.43. The van der Waals surface area contributed by atoms with Gasteiger partial charge in [-0.1, -0.05) is 13.8 Å². The molecule has 4 heteroatoms. The number of rotatable bonds is 7. The van der Waals surface area contributed by atoms with E-state index in [1.165, 1.54) is 0 Å². The Kier molecular flexibility index (Phi) is 5.22. The van der Waals surface area contributed by atoms with E-state index < -0.39 is 0 Å². The van der Waals surface area contributed by atoms with Crippen LogP contribution in [0.1, 0.15) is 32.5 Å². The molecule has 0 radical (unpaired) electrons. The molecule has 1 N–H and O–H groups in total. The van der Waals surface area contributed by atoms with Crippen molar-refractivity contribution in [2.24, 2.45) is 0 Å². The molecule has 14 heavy (non-hydrogen) atoms. The van der Waals surface area contributed by atoms with E-state index in [9.17, 15) is 0 Å². The Hall–Kier alpha value is -0.900. The Labute approximate surface area is 85.7 Å². The van der Waals surface area contributed by atoms with Gasteiger partial charge in [0.2, 0.25) is 0 Å². The predicted molar refractivity (Wildman–Crippen MR) is 57.2 cm³/mol. The molecule has 0 amide bonds. The monoisotopic (exact) mass is 196 g/mol. The lowest BCUT2D eigenvalue weighted by Crippen LogP contribution is -2.15. The molecular weight excluding hydrogens is 176 g/mol. The Morgan fingerprint density at radius 1 is 1.43 bits per heavy atom. The van der Waals surface area contributed by atoms with Gasteiger partial charge < -0.3 is 5.32 Å². The summed E-state index contributed by atoms with van der Waals surface area (Å²) < 4.78 is 2.01. The van der Waals surface area contributed by atoms with Crippen molar-refractivity contribution in [2.45, 2.75) is 39.7 Å². The van der Waals surface area contributed by atoms with Gasteiger partial charge in [0, 0.05) is 13.0 Å². The van der Waals surface area contributed by atoms with Crippen molar-refractivity contribution in [1.29, 1.82) is 0 Å². The third-order valence-electron chi connectivity index (χ3n) is 2.14. The second kappa shape index (κ2) is 6.54. The lowest BCUT2D eigenvalue weighted by Gasteiger charge is -2.04. The zero-order chi connectivity index (χ0) is 10.2. The highest BCUT2D eigenvalue weighted by atomic mass is 15.3. The molecular formula is C10H20N4. The van der Waals surface area contributed by atoms with Crippen molar-refractivity contribution < 1.29 is 0 Å². The maximum absolute atomic E-state index is 4.26. The number of nitrogens with one attached hydrogen (secondary N) is 1. The summed E-state index contributed by atoms with van der Waals surface area (Å²) in [5.41, 5.74) is 0. The second-order valence-corrected chi connectivity index (χ2v) is 3.36. The van der Waals surface area contributed by atoms with Gasteiger partial charge in [0.25, 0.3) is 0 Å². The molecule has 80 valence electrons. The highest BCUT2D eigenvalue weighted by Gasteiger charge is 2.01. The molecule has 0 unspecified atom stereocenters. The van der Waals surface area contributed by atoms with Crippen LogP contribution < -0.4 is 5.32 Å². The van der Waals surface area contributed by atoms with Gasteiger partial charge in [-0.2, -0.15) is 5.10 Å².